The fourth-order valence-corrected chi connectivity index (χ4v) is 3.92. The van der Waals surface area contributed by atoms with Crippen LogP contribution in [0.4, 0.5) is 5.69 Å². The average Bonchev–Trinajstić information content (AvgIpc) is 2.84. The maximum Gasteiger partial charge on any atom is 0.225 e. The summed E-state index contributed by atoms with van der Waals surface area (Å²) in [6.07, 6.45) is 0.426. The molecule has 3 rings (SSSR count). The van der Waals surface area contributed by atoms with Crippen molar-refractivity contribution < 1.29 is 23.7 Å². The van der Waals surface area contributed by atoms with E-state index in [1.807, 2.05) is 19.1 Å². The number of piperazine rings is 1. The Balaban J connectivity index is 1.43. The lowest BCUT2D eigenvalue weighted by atomic mass is 10.2. The molecule has 0 aliphatic carbocycles. The molecule has 2 aromatic rings. The lowest BCUT2D eigenvalue weighted by Crippen LogP contribution is -2.46. The third kappa shape index (κ3) is 7.00. The third-order valence-electron chi connectivity index (χ3n) is 5.71. The normalized spacial score (nSPS) is 14.5. The van der Waals surface area contributed by atoms with Crippen molar-refractivity contribution in [3.63, 3.8) is 0 Å². The summed E-state index contributed by atoms with van der Waals surface area (Å²) < 4.78 is 21.5. The number of nitrogens with zero attached hydrogens (tertiary/aromatic N) is 2. The first-order chi connectivity index (χ1) is 16.1. The van der Waals surface area contributed by atoms with Gasteiger partial charge in [0.25, 0.3) is 0 Å². The Hall–Kier alpha value is -2.97. The molecule has 0 spiro atoms. The van der Waals surface area contributed by atoms with Gasteiger partial charge in [-0.15, -0.1) is 0 Å². The van der Waals surface area contributed by atoms with Gasteiger partial charge < -0.3 is 29.2 Å². The van der Waals surface area contributed by atoms with Crippen LogP contribution in [0.3, 0.4) is 0 Å². The van der Waals surface area contributed by atoms with E-state index in [1.54, 1.807) is 33.5 Å². The largest absolute Gasteiger partial charge is 0.494 e. The Kier molecular flexibility index (Phi) is 9.21. The van der Waals surface area contributed by atoms with E-state index in [-0.39, 0.29) is 5.91 Å². The first-order valence-electron chi connectivity index (χ1n) is 11.3. The predicted molar refractivity (Wildman–Crippen MR) is 129 cm³/mol. The van der Waals surface area contributed by atoms with Gasteiger partial charge in [-0.1, -0.05) is 12.1 Å². The highest BCUT2D eigenvalue weighted by atomic mass is 16.5. The van der Waals surface area contributed by atoms with Crippen molar-refractivity contribution in [2.24, 2.45) is 0 Å². The predicted octanol–water partition coefficient (Wildman–Crippen LogP) is 3.26. The zero-order valence-corrected chi connectivity index (χ0v) is 20.1. The second-order valence-corrected chi connectivity index (χ2v) is 7.91. The van der Waals surface area contributed by atoms with Gasteiger partial charge in [-0.25, -0.2) is 0 Å². The first kappa shape index (κ1) is 24.7. The highest BCUT2D eigenvalue weighted by molar-refractivity contribution is 5.91. The molecular formula is C25H35N3O5. The fourth-order valence-electron chi connectivity index (χ4n) is 3.92. The maximum absolute atomic E-state index is 12.5. The minimum atomic E-state index is -0.0407. The Morgan fingerprint density at radius 3 is 2.06 bits per heavy atom. The summed E-state index contributed by atoms with van der Waals surface area (Å²) in [6, 6.07) is 11.8. The average molecular weight is 458 g/mol. The number of nitrogens with one attached hydrogen (secondary N) is 1. The van der Waals surface area contributed by atoms with Crippen LogP contribution in [0.15, 0.2) is 36.4 Å². The van der Waals surface area contributed by atoms with E-state index >= 15 is 0 Å². The Bertz CT molecular complexity index is 870. The molecule has 1 aliphatic heterocycles. The molecule has 33 heavy (non-hydrogen) atoms. The molecule has 180 valence electrons. The molecule has 1 saturated heterocycles. The zero-order valence-electron chi connectivity index (χ0n) is 20.1. The Morgan fingerprint density at radius 2 is 1.52 bits per heavy atom. The van der Waals surface area contributed by atoms with Crippen LogP contribution in [-0.4, -0.2) is 76.4 Å². The number of benzene rings is 2. The summed E-state index contributed by atoms with van der Waals surface area (Å²) in [6.45, 7) is 8.22. The van der Waals surface area contributed by atoms with Gasteiger partial charge in [-0.2, -0.15) is 0 Å². The summed E-state index contributed by atoms with van der Waals surface area (Å²) in [5, 5.41) is 2.94. The summed E-state index contributed by atoms with van der Waals surface area (Å²) in [5.41, 5.74) is 1.91. The summed E-state index contributed by atoms with van der Waals surface area (Å²) >= 11 is 0. The van der Waals surface area contributed by atoms with E-state index in [0.717, 1.165) is 45.0 Å². The second-order valence-electron chi connectivity index (χ2n) is 7.91. The second kappa shape index (κ2) is 12.3. The van der Waals surface area contributed by atoms with Crippen molar-refractivity contribution in [1.29, 1.82) is 0 Å². The molecule has 0 bridgehead atoms. The molecule has 0 saturated carbocycles. The van der Waals surface area contributed by atoms with Crippen LogP contribution in [0.25, 0.3) is 0 Å². The molecule has 1 fully saturated rings. The van der Waals surface area contributed by atoms with E-state index < -0.39 is 0 Å². The number of rotatable bonds is 11. The molecule has 0 unspecified atom stereocenters. The Labute approximate surface area is 196 Å². The quantitative estimate of drug-likeness (QED) is 0.555. The van der Waals surface area contributed by atoms with Crippen LogP contribution in [0, 0.1) is 0 Å². The van der Waals surface area contributed by atoms with Gasteiger partial charge in [0.2, 0.25) is 11.7 Å². The SMILES string of the molecule is CCOc1ccc(CN2CCN(CCC(=O)Nc3cc(OC)c(OC)c(OC)c3)CC2)cc1. The highest BCUT2D eigenvalue weighted by Gasteiger charge is 2.19. The molecule has 1 N–H and O–H groups in total. The van der Waals surface area contributed by atoms with Gasteiger partial charge in [0.05, 0.1) is 27.9 Å². The van der Waals surface area contributed by atoms with E-state index in [1.165, 1.54) is 5.56 Å². The molecule has 8 nitrogen and oxygen atoms in total. The van der Waals surface area contributed by atoms with Gasteiger partial charge in [-0.05, 0) is 24.6 Å². The number of hydrogen-bond donors (Lipinski definition) is 1. The highest BCUT2D eigenvalue weighted by Crippen LogP contribution is 2.39. The van der Waals surface area contributed by atoms with Crippen molar-refractivity contribution >= 4 is 11.6 Å². The number of ether oxygens (including phenoxy) is 4. The lowest BCUT2D eigenvalue weighted by molar-refractivity contribution is -0.116. The van der Waals surface area contributed by atoms with E-state index in [4.69, 9.17) is 18.9 Å². The van der Waals surface area contributed by atoms with Gasteiger partial charge in [0.15, 0.2) is 11.5 Å². The van der Waals surface area contributed by atoms with E-state index in [0.29, 0.717) is 36.0 Å². The standard InChI is InChI=1S/C25H35N3O5/c1-5-33-21-8-6-19(7-9-21)18-28-14-12-27(13-15-28)11-10-24(29)26-20-16-22(30-2)25(32-4)23(17-20)31-3/h6-9,16-17H,5,10-15,18H2,1-4H3,(H,26,29). The summed E-state index contributed by atoms with van der Waals surface area (Å²) in [7, 11) is 4.66. The van der Waals surface area contributed by atoms with E-state index in [9.17, 15) is 4.79 Å². The number of carbonyl (C=O) groups is 1. The summed E-state index contributed by atoms with van der Waals surface area (Å²) in [4.78, 5) is 17.3. The molecule has 0 radical (unpaired) electrons. The number of carbonyl (C=O) groups excluding carboxylic acids is 1. The summed E-state index contributed by atoms with van der Waals surface area (Å²) in [5.74, 6) is 2.39. The number of methoxy groups -OCH3 is 3. The van der Waals surface area contributed by atoms with Crippen molar-refractivity contribution in [2.45, 2.75) is 19.9 Å². The van der Waals surface area contributed by atoms with Gasteiger partial charge in [-0.3, -0.25) is 9.69 Å². The van der Waals surface area contributed by atoms with Crippen LogP contribution in [0.2, 0.25) is 0 Å². The minimum absolute atomic E-state index is 0.0407. The minimum Gasteiger partial charge on any atom is -0.494 e. The number of anilines is 1. The maximum atomic E-state index is 12.5. The van der Waals surface area contributed by atoms with E-state index in [2.05, 4.69) is 27.2 Å². The van der Waals surface area contributed by atoms with Crippen molar-refractivity contribution in [1.82, 2.24) is 9.80 Å². The lowest BCUT2D eigenvalue weighted by Gasteiger charge is -2.34. The van der Waals surface area contributed by atoms with Crippen LogP contribution >= 0.6 is 0 Å². The zero-order chi connectivity index (χ0) is 23.6. The van der Waals surface area contributed by atoms with Crippen molar-refractivity contribution in [3.05, 3.63) is 42.0 Å². The molecule has 0 aromatic heterocycles. The molecule has 0 atom stereocenters. The van der Waals surface area contributed by atoms with Gasteiger partial charge in [0.1, 0.15) is 5.75 Å². The molecule has 1 amide bonds. The molecule has 2 aromatic carbocycles. The topological polar surface area (TPSA) is 72.5 Å². The van der Waals surface area contributed by atoms with Gasteiger partial charge >= 0.3 is 0 Å². The number of hydrogen-bond acceptors (Lipinski definition) is 7. The van der Waals surface area contributed by atoms with Gasteiger partial charge in [0, 0.05) is 63.5 Å². The van der Waals surface area contributed by atoms with Crippen LogP contribution in [0.1, 0.15) is 18.9 Å². The molecule has 1 heterocycles. The fraction of sp³-hybridized carbons (Fsp3) is 0.480. The monoisotopic (exact) mass is 457 g/mol. The van der Waals surface area contributed by atoms with Crippen molar-refractivity contribution in [3.8, 4) is 23.0 Å². The molecule has 8 heteroatoms. The van der Waals surface area contributed by atoms with Crippen LogP contribution in [-0.2, 0) is 11.3 Å². The Morgan fingerprint density at radius 1 is 0.909 bits per heavy atom. The molecule has 1 aliphatic rings. The molecular weight excluding hydrogens is 422 g/mol. The smallest absolute Gasteiger partial charge is 0.225 e. The third-order valence-corrected chi connectivity index (χ3v) is 5.71. The van der Waals surface area contributed by atoms with Crippen LogP contribution in [0.5, 0.6) is 23.0 Å². The van der Waals surface area contributed by atoms with Crippen LogP contribution < -0.4 is 24.3 Å². The first-order valence-corrected chi connectivity index (χ1v) is 11.3. The number of amides is 1. The van der Waals surface area contributed by atoms with Crippen molar-refractivity contribution in [2.75, 3.05) is 66.0 Å².